The summed E-state index contributed by atoms with van der Waals surface area (Å²) in [6.45, 7) is 5.81. The number of nitrogens with zero attached hydrogens (tertiary/aromatic N) is 4. The largest absolute Gasteiger partial charge is 0.497 e. The summed E-state index contributed by atoms with van der Waals surface area (Å²) in [5, 5.41) is 0. The predicted octanol–water partition coefficient (Wildman–Crippen LogP) is 6.45. The second-order valence-electron chi connectivity index (χ2n) is 9.89. The summed E-state index contributed by atoms with van der Waals surface area (Å²) in [7, 11) is 1.61. The van der Waals surface area contributed by atoms with Gasteiger partial charge in [0.15, 0.2) is 0 Å². The Kier molecular flexibility index (Phi) is 8.99. The van der Waals surface area contributed by atoms with E-state index in [0.717, 1.165) is 20.1 Å². The van der Waals surface area contributed by atoms with Crippen LogP contribution >= 0.6 is 31.9 Å². The lowest BCUT2D eigenvalue weighted by molar-refractivity contribution is -0.130. The number of amidine groups is 1. The van der Waals surface area contributed by atoms with Crippen LogP contribution in [0.2, 0.25) is 0 Å². The average molecular weight is 684 g/mol. The molecule has 0 aromatic heterocycles. The fraction of sp³-hybridized carbons (Fsp3) is 0.323. The second kappa shape index (κ2) is 12.7. The van der Waals surface area contributed by atoms with Gasteiger partial charge in [-0.3, -0.25) is 14.7 Å². The Bertz CT molecular complexity index is 1440. The molecule has 10 heteroatoms. The van der Waals surface area contributed by atoms with Gasteiger partial charge in [0.25, 0.3) is 0 Å². The van der Waals surface area contributed by atoms with Crippen LogP contribution in [-0.2, 0) is 4.79 Å². The van der Waals surface area contributed by atoms with E-state index >= 15 is 0 Å². The molecule has 2 heterocycles. The first-order valence-electron chi connectivity index (χ1n) is 13.5. The molecule has 0 N–H and O–H groups in total. The van der Waals surface area contributed by atoms with Crippen LogP contribution in [0, 0.1) is 0 Å². The van der Waals surface area contributed by atoms with Crippen molar-refractivity contribution in [3.8, 4) is 11.5 Å². The molecular weight excluding hydrogens is 652 g/mol. The fourth-order valence-corrected chi connectivity index (χ4v) is 5.84. The lowest BCUT2D eigenvalue weighted by atomic mass is 9.94. The number of urea groups is 1. The molecule has 3 aromatic rings. The van der Waals surface area contributed by atoms with E-state index in [4.69, 9.17) is 14.5 Å². The van der Waals surface area contributed by atoms with Gasteiger partial charge in [0.1, 0.15) is 23.4 Å². The van der Waals surface area contributed by atoms with Crippen LogP contribution in [0.1, 0.15) is 42.6 Å². The number of hydrogen-bond donors (Lipinski definition) is 0. The van der Waals surface area contributed by atoms with E-state index in [9.17, 15) is 9.59 Å². The van der Waals surface area contributed by atoms with Crippen molar-refractivity contribution < 1.29 is 19.1 Å². The van der Waals surface area contributed by atoms with Crippen molar-refractivity contribution in [2.45, 2.75) is 25.9 Å². The molecule has 214 valence electrons. The first kappa shape index (κ1) is 29.1. The SMILES string of the molecule is CCOc1cc(OC)ccc1C1=NC(c2ccc(Br)cc2)C(c2ccc(Br)cc2)N1C(=O)N1CCN(C(C)=O)CC1. The smallest absolute Gasteiger partial charge is 0.326 e. The Hall–Kier alpha value is -3.37. The van der Waals surface area contributed by atoms with Gasteiger partial charge in [-0.05, 0) is 54.4 Å². The molecule has 3 aromatic carbocycles. The minimum absolute atomic E-state index is 0.0168. The van der Waals surface area contributed by atoms with E-state index in [1.807, 2.05) is 83.5 Å². The molecule has 1 saturated heterocycles. The Balaban J connectivity index is 1.65. The number of piperazine rings is 1. The van der Waals surface area contributed by atoms with Crippen LogP contribution in [0.5, 0.6) is 11.5 Å². The van der Waals surface area contributed by atoms with Gasteiger partial charge < -0.3 is 19.3 Å². The van der Waals surface area contributed by atoms with Crippen LogP contribution in [0.25, 0.3) is 0 Å². The third-order valence-corrected chi connectivity index (χ3v) is 8.48. The highest BCUT2D eigenvalue weighted by molar-refractivity contribution is 9.10. The van der Waals surface area contributed by atoms with Gasteiger partial charge in [-0.2, -0.15) is 0 Å². The van der Waals surface area contributed by atoms with Crippen LogP contribution in [0.15, 0.2) is 80.7 Å². The number of amides is 3. The third kappa shape index (κ3) is 6.13. The molecule has 2 unspecified atom stereocenters. The summed E-state index contributed by atoms with van der Waals surface area (Å²) >= 11 is 7.10. The van der Waals surface area contributed by atoms with E-state index in [0.29, 0.717) is 55.7 Å². The fourth-order valence-electron chi connectivity index (χ4n) is 5.31. The zero-order valence-corrected chi connectivity index (χ0v) is 26.4. The number of aliphatic imine (C=N–C) groups is 1. The van der Waals surface area contributed by atoms with Crippen LogP contribution in [0.4, 0.5) is 4.79 Å². The highest BCUT2D eigenvalue weighted by Crippen LogP contribution is 2.45. The summed E-state index contributed by atoms with van der Waals surface area (Å²) in [5.41, 5.74) is 2.66. The van der Waals surface area contributed by atoms with Crippen molar-refractivity contribution >= 4 is 49.6 Å². The van der Waals surface area contributed by atoms with Gasteiger partial charge in [-0.25, -0.2) is 4.79 Å². The topological polar surface area (TPSA) is 74.7 Å². The highest BCUT2D eigenvalue weighted by atomic mass is 79.9. The molecule has 0 spiro atoms. The molecule has 5 rings (SSSR count). The molecule has 8 nitrogen and oxygen atoms in total. The van der Waals surface area contributed by atoms with Crippen molar-refractivity contribution in [3.63, 3.8) is 0 Å². The van der Waals surface area contributed by atoms with Gasteiger partial charge >= 0.3 is 6.03 Å². The maximum Gasteiger partial charge on any atom is 0.326 e. The van der Waals surface area contributed by atoms with Crippen LogP contribution < -0.4 is 9.47 Å². The standard InChI is InChI=1S/C31H32Br2N4O4/c1-4-41-27-19-25(40-3)13-14-26(27)30-34-28(21-5-9-23(32)10-6-21)29(22-7-11-24(33)12-8-22)37(30)31(39)36-17-15-35(16-18-36)20(2)38/h5-14,19,28-29H,4,15-18H2,1-3H3. The maximum atomic E-state index is 14.5. The number of halogens is 2. The van der Waals surface area contributed by atoms with Crippen LogP contribution in [0.3, 0.4) is 0 Å². The Morgan fingerprint density at radius 3 is 2.02 bits per heavy atom. The summed E-state index contributed by atoms with van der Waals surface area (Å²) in [4.78, 5) is 37.1. The predicted molar refractivity (Wildman–Crippen MR) is 166 cm³/mol. The summed E-state index contributed by atoms with van der Waals surface area (Å²) in [6, 6.07) is 20.8. The first-order valence-corrected chi connectivity index (χ1v) is 15.1. The first-order chi connectivity index (χ1) is 19.8. The Morgan fingerprint density at radius 2 is 1.46 bits per heavy atom. The quantitative estimate of drug-likeness (QED) is 0.300. The molecule has 0 bridgehead atoms. The second-order valence-corrected chi connectivity index (χ2v) is 11.7. The highest BCUT2D eigenvalue weighted by Gasteiger charge is 2.45. The molecule has 2 atom stereocenters. The Morgan fingerprint density at radius 1 is 0.878 bits per heavy atom. The minimum atomic E-state index is -0.408. The van der Waals surface area contributed by atoms with Crippen LogP contribution in [-0.4, -0.2) is 72.4 Å². The number of rotatable bonds is 6. The van der Waals surface area contributed by atoms with Crippen molar-refractivity contribution in [2.75, 3.05) is 39.9 Å². The third-order valence-electron chi connectivity index (χ3n) is 7.42. The zero-order chi connectivity index (χ0) is 29.1. The van der Waals surface area contributed by atoms with E-state index in [2.05, 4.69) is 31.9 Å². The van der Waals surface area contributed by atoms with E-state index in [1.54, 1.807) is 18.9 Å². The molecule has 41 heavy (non-hydrogen) atoms. The van der Waals surface area contributed by atoms with Gasteiger partial charge in [0.05, 0.1) is 25.3 Å². The lowest BCUT2D eigenvalue weighted by Crippen LogP contribution is -2.54. The van der Waals surface area contributed by atoms with Gasteiger partial charge in [-0.15, -0.1) is 0 Å². The normalized spacial score (nSPS) is 18.8. The number of hydrogen-bond acceptors (Lipinski definition) is 5. The molecule has 0 saturated carbocycles. The summed E-state index contributed by atoms with van der Waals surface area (Å²) < 4.78 is 13.4. The molecule has 3 amide bonds. The zero-order valence-electron chi connectivity index (χ0n) is 23.2. The minimum Gasteiger partial charge on any atom is -0.497 e. The lowest BCUT2D eigenvalue weighted by Gasteiger charge is -2.39. The van der Waals surface area contributed by atoms with Crippen molar-refractivity contribution in [1.29, 1.82) is 0 Å². The molecule has 1 fully saturated rings. The van der Waals surface area contributed by atoms with Gasteiger partial charge in [-0.1, -0.05) is 56.1 Å². The molecule has 0 radical (unpaired) electrons. The van der Waals surface area contributed by atoms with E-state index in [-0.39, 0.29) is 18.0 Å². The number of benzene rings is 3. The summed E-state index contributed by atoms with van der Waals surface area (Å²) in [6.07, 6.45) is 0. The molecular formula is C31H32Br2N4O4. The van der Waals surface area contributed by atoms with Gasteiger partial charge in [0.2, 0.25) is 5.91 Å². The molecule has 0 aliphatic carbocycles. The van der Waals surface area contributed by atoms with E-state index < -0.39 is 6.04 Å². The number of ether oxygens (including phenoxy) is 2. The van der Waals surface area contributed by atoms with Gasteiger partial charge in [0, 0.05) is 48.1 Å². The van der Waals surface area contributed by atoms with E-state index in [1.165, 1.54) is 0 Å². The average Bonchev–Trinajstić information content (AvgIpc) is 3.38. The molecule has 2 aliphatic heterocycles. The van der Waals surface area contributed by atoms with Crippen molar-refractivity contribution in [3.05, 3.63) is 92.4 Å². The number of carbonyl (C=O) groups is 2. The molecule has 2 aliphatic rings. The number of carbonyl (C=O) groups excluding carboxylic acids is 2. The van der Waals surface area contributed by atoms with Crippen molar-refractivity contribution in [2.24, 2.45) is 4.99 Å². The monoisotopic (exact) mass is 682 g/mol. The Labute approximate surface area is 257 Å². The maximum absolute atomic E-state index is 14.5. The number of methoxy groups -OCH3 is 1. The van der Waals surface area contributed by atoms with Crippen molar-refractivity contribution in [1.82, 2.24) is 14.7 Å². The summed E-state index contributed by atoms with van der Waals surface area (Å²) in [5.74, 6) is 1.80.